The number of carbonyl (C=O) groups excluding carboxylic acids is 1. The van der Waals surface area contributed by atoms with E-state index in [1.165, 1.54) is 6.07 Å². The summed E-state index contributed by atoms with van der Waals surface area (Å²) in [7, 11) is 1.90. The zero-order valence-corrected chi connectivity index (χ0v) is 14.6. The minimum Gasteiger partial charge on any atom is -0.486 e. The summed E-state index contributed by atoms with van der Waals surface area (Å²) in [5.41, 5.74) is 3.15. The fraction of sp³-hybridized carbons (Fsp3) is 0.444. The Bertz CT molecular complexity index is 712. The molecule has 0 saturated heterocycles. The summed E-state index contributed by atoms with van der Waals surface area (Å²) in [5, 5.41) is 7.17. The topological polar surface area (TPSA) is 56.2 Å². The number of benzene rings is 1. The summed E-state index contributed by atoms with van der Waals surface area (Å²) in [6.45, 7) is 6.07. The van der Waals surface area contributed by atoms with Gasteiger partial charge in [0.2, 0.25) is 5.91 Å². The number of amides is 1. The fourth-order valence-corrected chi connectivity index (χ4v) is 2.56. The van der Waals surface area contributed by atoms with Crippen LogP contribution < -0.4 is 10.1 Å². The molecule has 1 aromatic heterocycles. The van der Waals surface area contributed by atoms with Gasteiger partial charge >= 0.3 is 0 Å². The first-order chi connectivity index (χ1) is 11.4. The van der Waals surface area contributed by atoms with Crippen molar-refractivity contribution in [3.05, 3.63) is 47.0 Å². The minimum atomic E-state index is -0.404. The Kier molecular flexibility index (Phi) is 5.95. The second kappa shape index (κ2) is 7.95. The van der Waals surface area contributed by atoms with Crippen molar-refractivity contribution in [3.8, 4) is 5.75 Å². The molecule has 1 aromatic carbocycles. The van der Waals surface area contributed by atoms with Crippen LogP contribution in [0.2, 0.25) is 0 Å². The zero-order chi connectivity index (χ0) is 17.7. The van der Waals surface area contributed by atoms with Crippen LogP contribution in [0.5, 0.6) is 5.75 Å². The molecule has 0 radical (unpaired) electrons. The summed E-state index contributed by atoms with van der Waals surface area (Å²) in [6, 6.07) is 6.24. The van der Waals surface area contributed by atoms with E-state index in [1.807, 2.05) is 25.6 Å². The van der Waals surface area contributed by atoms with Crippen molar-refractivity contribution < 1.29 is 13.9 Å². The Morgan fingerprint density at radius 1 is 1.38 bits per heavy atom. The molecule has 0 saturated carbocycles. The average Bonchev–Trinajstić information content (AvgIpc) is 2.78. The Labute approximate surface area is 141 Å². The number of nitrogens with one attached hydrogen (secondary N) is 1. The lowest BCUT2D eigenvalue weighted by Gasteiger charge is -2.16. The number of aromatic nitrogens is 2. The lowest BCUT2D eigenvalue weighted by molar-refractivity contribution is -0.121. The number of nitrogens with zero attached hydrogens (tertiary/aromatic N) is 2. The minimum absolute atomic E-state index is 0.0540. The smallest absolute Gasteiger partial charge is 0.220 e. The van der Waals surface area contributed by atoms with E-state index in [0.29, 0.717) is 19.4 Å². The quantitative estimate of drug-likeness (QED) is 0.847. The lowest BCUT2D eigenvalue weighted by atomic mass is 10.1. The van der Waals surface area contributed by atoms with Crippen LogP contribution in [0.3, 0.4) is 0 Å². The molecular weight excluding hydrogens is 309 g/mol. The summed E-state index contributed by atoms with van der Waals surface area (Å²) < 4.78 is 20.8. The lowest BCUT2D eigenvalue weighted by Crippen LogP contribution is -2.33. The van der Waals surface area contributed by atoms with Gasteiger partial charge in [0.1, 0.15) is 6.10 Å². The number of carbonyl (C=O) groups is 1. The maximum absolute atomic E-state index is 13.5. The fourth-order valence-electron chi connectivity index (χ4n) is 2.56. The Morgan fingerprint density at radius 2 is 2.08 bits per heavy atom. The molecular formula is C18H24FN3O2. The van der Waals surface area contributed by atoms with Crippen LogP contribution in [0, 0.1) is 19.7 Å². The van der Waals surface area contributed by atoms with Gasteiger partial charge < -0.3 is 10.1 Å². The molecule has 6 heteroatoms. The maximum atomic E-state index is 13.5. The molecule has 1 heterocycles. The summed E-state index contributed by atoms with van der Waals surface area (Å²) in [5.74, 6) is -0.263. The summed E-state index contributed by atoms with van der Waals surface area (Å²) in [4.78, 5) is 12.0. The molecule has 1 N–H and O–H groups in total. The van der Waals surface area contributed by atoms with Crippen molar-refractivity contribution in [1.29, 1.82) is 0 Å². The maximum Gasteiger partial charge on any atom is 0.220 e. The van der Waals surface area contributed by atoms with Crippen molar-refractivity contribution in [2.24, 2.45) is 7.05 Å². The highest BCUT2D eigenvalue weighted by Gasteiger charge is 2.13. The van der Waals surface area contributed by atoms with Crippen LogP contribution in [0.1, 0.15) is 30.3 Å². The normalized spacial score (nSPS) is 12.0. The largest absolute Gasteiger partial charge is 0.486 e. The van der Waals surface area contributed by atoms with Crippen molar-refractivity contribution in [2.45, 2.75) is 39.7 Å². The molecule has 1 amide bonds. The molecule has 2 aromatic rings. The van der Waals surface area contributed by atoms with Gasteiger partial charge in [0, 0.05) is 19.2 Å². The second-order valence-corrected chi connectivity index (χ2v) is 5.94. The first-order valence-electron chi connectivity index (χ1n) is 8.05. The van der Waals surface area contributed by atoms with E-state index < -0.39 is 5.82 Å². The molecule has 0 aliphatic carbocycles. The first kappa shape index (κ1) is 18.0. The molecule has 24 heavy (non-hydrogen) atoms. The van der Waals surface area contributed by atoms with Gasteiger partial charge in [-0.15, -0.1) is 0 Å². The molecule has 0 fully saturated rings. The molecule has 0 aliphatic rings. The zero-order valence-electron chi connectivity index (χ0n) is 14.6. The average molecular weight is 333 g/mol. The molecule has 2 rings (SSSR count). The number of hydrogen-bond donors (Lipinski definition) is 1. The molecule has 1 atom stereocenters. The highest BCUT2D eigenvalue weighted by molar-refractivity contribution is 5.76. The van der Waals surface area contributed by atoms with E-state index in [-0.39, 0.29) is 17.8 Å². The number of para-hydroxylation sites is 1. The van der Waals surface area contributed by atoms with Gasteiger partial charge in [-0.05, 0) is 44.9 Å². The third-order valence-electron chi connectivity index (χ3n) is 4.01. The van der Waals surface area contributed by atoms with E-state index in [1.54, 1.807) is 25.1 Å². The van der Waals surface area contributed by atoms with Gasteiger partial charge in [0.15, 0.2) is 11.6 Å². The summed E-state index contributed by atoms with van der Waals surface area (Å²) in [6.07, 6.45) is 0.729. The number of halogens is 1. The standard InChI is InChI=1S/C18H24FN3O2/c1-12(24-17-8-6-5-7-16(17)19)11-20-18(23)10-9-15-13(2)21-22(4)14(15)3/h5-8,12H,9-11H2,1-4H3,(H,20,23)/t12-/m0/s1. The van der Waals surface area contributed by atoms with Crippen molar-refractivity contribution >= 4 is 5.91 Å². The van der Waals surface area contributed by atoms with Crippen molar-refractivity contribution in [3.63, 3.8) is 0 Å². The van der Waals surface area contributed by atoms with Crippen molar-refractivity contribution in [2.75, 3.05) is 6.54 Å². The van der Waals surface area contributed by atoms with Crippen molar-refractivity contribution in [1.82, 2.24) is 15.1 Å². The van der Waals surface area contributed by atoms with Crippen LogP contribution in [0.15, 0.2) is 24.3 Å². The van der Waals surface area contributed by atoms with Gasteiger partial charge in [-0.25, -0.2) is 4.39 Å². The predicted molar refractivity (Wildman–Crippen MR) is 90.5 cm³/mol. The highest BCUT2D eigenvalue weighted by Crippen LogP contribution is 2.17. The Balaban J connectivity index is 1.77. The van der Waals surface area contributed by atoms with E-state index in [9.17, 15) is 9.18 Å². The van der Waals surface area contributed by atoms with E-state index in [4.69, 9.17) is 4.74 Å². The number of aryl methyl sites for hydroxylation is 2. The third kappa shape index (κ3) is 4.57. The monoisotopic (exact) mass is 333 g/mol. The highest BCUT2D eigenvalue weighted by atomic mass is 19.1. The van der Waals surface area contributed by atoms with Crippen LogP contribution >= 0.6 is 0 Å². The van der Waals surface area contributed by atoms with Crippen LogP contribution in [0.25, 0.3) is 0 Å². The predicted octanol–water partition coefficient (Wildman–Crippen LogP) is 2.69. The number of rotatable bonds is 7. The summed E-state index contributed by atoms with van der Waals surface area (Å²) >= 11 is 0. The van der Waals surface area contributed by atoms with Gasteiger partial charge in [-0.1, -0.05) is 12.1 Å². The Hall–Kier alpha value is -2.37. The van der Waals surface area contributed by atoms with Crippen LogP contribution in [-0.4, -0.2) is 28.3 Å². The van der Waals surface area contributed by atoms with Gasteiger partial charge in [0.25, 0.3) is 0 Å². The molecule has 0 aliphatic heterocycles. The number of ether oxygens (including phenoxy) is 1. The van der Waals surface area contributed by atoms with Crippen LogP contribution in [-0.2, 0) is 18.3 Å². The molecule has 0 spiro atoms. The molecule has 130 valence electrons. The number of hydrogen-bond acceptors (Lipinski definition) is 3. The molecule has 0 unspecified atom stereocenters. The second-order valence-electron chi connectivity index (χ2n) is 5.94. The van der Waals surface area contributed by atoms with Gasteiger partial charge in [-0.2, -0.15) is 5.10 Å². The first-order valence-corrected chi connectivity index (χ1v) is 8.05. The third-order valence-corrected chi connectivity index (χ3v) is 4.01. The van der Waals surface area contributed by atoms with Crippen LogP contribution in [0.4, 0.5) is 4.39 Å². The molecule has 5 nitrogen and oxygen atoms in total. The van der Waals surface area contributed by atoms with Gasteiger partial charge in [-0.3, -0.25) is 9.48 Å². The van der Waals surface area contributed by atoms with Gasteiger partial charge in [0.05, 0.1) is 12.2 Å². The van der Waals surface area contributed by atoms with E-state index in [2.05, 4.69) is 10.4 Å². The SMILES string of the molecule is Cc1nn(C)c(C)c1CCC(=O)NC[C@H](C)Oc1ccccc1F. The molecule has 0 bridgehead atoms. The van der Waals surface area contributed by atoms with E-state index >= 15 is 0 Å². The van der Waals surface area contributed by atoms with E-state index in [0.717, 1.165) is 17.0 Å². The Morgan fingerprint density at radius 3 is 2.71 bits per heavy atom.